The van der Waals surface area contributed by atoms with Gasteiger partial charge in [-0.25, -0.2) is 0 Å². The summed E-state index contributed by atoms with van der Waals surface area (Å²) in [6.45, 7) is 0. The van der Waals surface area contributed by atoms with Crippen molar-refractivity contribution in [2.24, 2.45) is 5.73 Å². The molecule has 2 N–H and O–H groups in total. The predicted molar refractivity (Wildman–Crippen MR) is 87.0 cm³/mol. The summed E-state index contributed by atoms with van der Waals surface area (Å²) in [6, 6.07) is 7.42. The Morgan fingerprint density at radius 2 is 2.05 bits per heavy atom. The van der Waals surface area contributed by atoms with Crippen LogP contribution in [0, 0.1) is 0 Å². The predicted octanol–water partition coefficient (Wildman–Crippen LogP) is 3.70. The van der Waals surface area contributed by atoms with Crippen LogP contribution in [0.25, 0.3) is 22.4 Å². The molecule has 1 saturated carbocycles. The third kappa shape index (κ3) is 2.26. The molecule has 3 aromatic rings. The summed E-state index contributed by atoms with van der Waals surface area (Å²) in [5, 5.41) is 5.56. The zero-order valence-corrected chi connectivity index (χ0v) is 13.2. The van der Waals surface area contributed by atoms with Gasteiger partial charge < -0.3 is 10.3 Å². The summed E-state index contributed by atoms with van der Waals surface area (Å²) in [5.41, 5.74) is 7.32. The Morgan fingerprint density at radius 3 is 2.77 bits per heavy atom. The Bertz CT molecular complexity index is 829. The van der Waals surface area contributed by atoms with Gasteiger partial charge in [0.25, 0.3) is 5.89 Å². The summed E-state index contributed by atoms with van der Waals surface area (Å²) in [7, 11) is 0. The SMILES string of the molecule is Cl.NC1(c2noc(-c3ccc(Cl)c4cccnc34)n2)CCC1. The normalized spacial score (nSPS) is 16.1. The van der Waals surface area contributed by atoms with Crippen molar-refractivity contribution >= 4 is 34.9 Å². The number of aromatic nitrogens is 3. The zero-order chi connectivity index (χ0) is 14.4. The lowest BCUT2D eigenvalue weighted by molar-refractivity contribution is 0.229. The Balaban J connectivity index is 0.00000144. The Kier molecular flexibility index (Phi) is 3.80. The molecule has 0 spiro atoms. The lowest BCUT2D eigenvalue weighted by atomic mass is 9.77. The lowest BCUT2D eigenvalue weighted by Crippen LogP contribution is -2.44. The first-order chi connectivity index (χ1) is 10.2. The van der Waals surface area contributed by atoms with Gasteiger partial charge in [0.2, 0.25) is 0 Å². The van der Waals surface area contributed by atoms with Crippen molar-refractivity contribution in [3.63, 3.8) is 0 Å². The minimum absolute atomic E-state index is 0. The number of hydrogen-bond donors (Lipinski definition) is 1. The fraction of sp³-hybridized carbons (Fsp3) is 0.267. The molecule has 0 amide bonds. The Morgan fingerprint density at radius 1 is 1.23 bits per heavy atom. The maximum absolute atomic E-state index is 6.23. The van der Waals surface area contributed by atoms with Gasteiger partial charge in [0.1, 0.15) is 0 Å². The second-order valence-electron chi connectivity index (χ2n) is 5.43. The molecule has 2 heterocycles. The van der Waals surface area contributed by atoms with Crippen LogP contribution < -0.4 is 5.73 Å². The van der Waals surface area contributed by atoms with Gasteiger partial charge in [-0.05, 0) is 43.5 Å². The van der Waals surface area contributed by atoms with Crippen LogP contribution in [0.5, 0.6) is 0 Å². The second kappa shape index (κ2) is 5.50. The zero-order valence-electron chi connectivity index (χ0n) is 11.6. The van der Waals surface area contributed by atoms with Crippen molar-refractivity contribution in [1.29, 1.82) is 0 Å². The minimum Gasteiger partial charge on any atom is -0.334 e. The molecule has 4 rings (SSSR count). The van der Waals surface area contributed by atoms with Gasteiger partial charge in [0.05, 0.1) is 21.6 Å². The number of pyridine rings is 1. The third-order valence-electron chi connectivity index (χ3n) is 4.06. The standard InChI is InChI=1S/C15H13ClN4O.ClH/c16-11-5-4-10(12-9(11)3-1-8-18-12)13-19-14(20-21-13)15(17)6-2-7-15;/h1,3-5,8H,2,6-7,17H2;1H. The van der Waals surface area contributed by atoms with Crippen LogP contribution in [0.4, 0.5) is 0 Å². The van der Waals surface area contributed by atoms with Gasteiger partial charge in [0.15, 0.2) is 5.82 Å². The monoisotopic (exact) mass is 336 g/mol. The fourth-order valence-corrected chi connectivity index (χ4v) is 2.84. The van der Waals surface area contributed by atoms with E-state index in [4.69, 9.17) is 21.9 Å². The average molecular weight is 337 g/mol. The highest BCUT2D eigenvalue weighted by Gasteiger charge is 2.39. The summed E-state index contributed by atoms with van der Waals surface area (Å²) in [6.07, 6.45) is 4.61. The van der Waals surface area contributed by atoms with Crippen molar-refractivity contribution < 1.29 is 4.52 Å². The molecular formula is C15H14Cl2N4O. The van der Waals surface area contributed by atoms with Crippen LogP contribution in [0.3, 0.4) is 0 Å². The van der Waals surface area contributed by atoms with Crippen molar-refractivity contribution in [2.75, 3.05) is 0 Å². The summed E-state index contributed by atoms with van der Waals surface area (Å²) < 4.78 is 5.40. The molecule has 1 aromatic carbocycles. The van der Waals surface area contributed by atoms with E-state index >= 15 is 0 Å². The maximum Gasteiger partial charge on any atom is 0.260 e. The summed E-state index contributed by atoms with van der Waals surface area (Å²) in [4.78, 5) is 8.85. The van der Waals surface area contributed by atoms with E-state index in [0.717, 1.165) is 35.7 Å². The van der Waals surface area contributed by atoms with Crippen molar-refractivity contribution in [3.8, 4) is 11.5 Å². The van der Waals surface area contributed by atoms with Gasteiger partial charge in [-0.1, -0.05) is 16.8 Å². The van der Waals surface area contributed by atoms with Gasteiger partial charge in [-0.15, -0.1) is 12.4 Å². The molecule has 1 aliphatic rings. The molecule has 5 nitrogen and oxygen atoms in total. The highest BCUT2D eigenvalue weighted by atomic mass is 35.5. The van der Waals surface area contributed by atoms with Crippen LogP contribution >= 0.6 is 24.0 Å². The molecule has 0 saturated heterocycles. The molecule has 114 valence electrons. The lowest BCUT2D eigenvalue weighted by Gasteiger charge is -2.34. The van der Waals surface area contributed by atoms with E-state index in [2.05, 4.69) is 15.1 Å². The van der Waals surface area contributed by atoms with Crippen molar-refractivity contribution in [3.05, 3.63) is 41.3 Å². The molecule has 0 bridgehead atoms. The average Bonchev–Trinajstić information content (AvgIpc) is 2.95. The second-order valence-corrected chi connectivity index (χ2v) is 5.83. The molecule has 1 aliphatic carbocycles. The number of nitrogens with two attached hydrogens (primary N) is 1. The van der Waals surface area contributed by atoms with E-state index in [1.165, 1.54) is 0 Å². The van der Waals surface area contributed by atoms with Gasteiger partial charge >= 0.3 is 0 Å². The van der Waals surface area contributed by atoms with E-state index in [-0.39, 0.29) is 12.4 Å². The first-order valence-electron chi connectivity index (χ1n) is 6.84. The topological polar surface area (TPSA) is 77.8 Å². The first-order valence-corrected chi connectivity index (χ1v) is 7.22. The van der Waals surface area contributed by atoms with Crippen LogP contribution in [-0.4, -0.2) is 15.1 Å². The number of nitrogens with zero attached hydrogens (tertiary/aromatic N) is 3. The molecule has 22 heavy (non-hydrogen) atoms. The van der Waals surface area contributed by atoms with E-state index in [1.807, 2.05) is 24.3 Å². The molecule has 0 radical (unpaired) electrons. The highest BCUT2D eigenvalue weighted by molar-refractivity contribution is 6.35. The first kappa shape index (κ1) is 15.2. The molecule has 0 aliphatic heterocycles. The van der Waals surface area contributed by atoms with Crippen molar-refractivity contribution in [2.45, 2.75) is 24.8 Å². The quantitative estimate of drug-likeness (QED) is 0.771. The summed E-state index contributed by atoms with van der Waals surface area (Å²) >= 11 is 6.20. The number of fused-ring (bicyclic) bond motifs is 1. The molecule has 7 heteroatoms. The van der Waals surface area contributed by atoms with E-state index in [9.17, 15) is 0 Å². The Hall–Kier alpha value is -1.69. The van der Waals surface area contributed by atoms with E-state index in [1.54, 1.807) is 6.20 Å². The largest absolute Gasteiger partial charge is 0.334 e. The van der Waals surface area contributed by atoms with Crippen LogP contribution in [0.2, 0.25) is 5.02 Å². The number of benzene rings is 1. The third-order valence-corrected chi connectivity index (χ3v) is 4.39. The molecule has 0 atom stereocenters. The highest BCUT2D eigenvalue weighted by Crippen LogP contribution is 2.38. The smallest absolute Gasteiger partial charge is 0.260 e. The van der Waals surface area contributed by atoms with Gasteiger partial charge in [-0.3, -0.25) is 4.98 Å². The van der Waals surface area contributed by atoms with Crippen molar-refractivity contribution in [1.82, 2.24) is 15.1 Å². The van der Waals surface area contributed by atoms with Crippen LogP contribution in [0.15, 0.2) is 35.0 Å². The summed E-state index contributed by atoms with van der Waals surface area (Å²) in [5.74, 6) is 1.00. The number of halogens is 2. The molecular weight excluding hydrogens is 323 g/mol. The fourth-order valence-electron chi connectivity index (χ4n) is 2.63. The molecule has 2 aromatic heterocycles. The molecule has 0 unspecified atom stereocenters. The maximum atomic E-state index is 6.23. The van der Waals surface area contributed by atoms with E-state index < -0.39 is 5.54 Å². The van der Waals surface area contributed by atoms with Crippen LogP contribution in [-0.2, 0) is 5.54 Å². The molecule has 1 fully saturated rings. The van der Waals surface area contributed by atoms with Gasteiger partial charge in [0, 0.05) is 11.6 Å². The van der Waals surface area contributed by atoms with Gasteiger partial charge in [-0.2, -0.15) is 4.98 Å². The number of rotatable bonds is 2. The minimum atomic E-state index is -0.433. The van der Waals surface area contributed by atoms with E-state index in [0.29, 0.717) is 16.7 Å². The Labute approximate surface area is 138 Å². The van der Waals surface area contributed by atoms with Crippen LogP contribution in [0.1, 0.15) is 25.1 Å². The number of hydrogen-bond acceptors (Lipinski definition) is 5.